The molecule has 0 aliphatic heterocycles. The van der Waals surface area contributed by atoms with E-state index in [-0.39, 0.29) is 5.91 Å². The second-order valence-electron chi connectivity index (χ2n) is 8.74. The Balaban J connectivity index is 1.60. The van der Waals surface area contributed by atoms with Gasteiger partial charge in [0.25, 0.3) is 0 Å². The number of pyridine rings is 2. The van der Waals surface area contributed by atoms with Gasteiger partial charge in [0.2, 0.25) is 11.9 Å². The molecule has 4 heterocycles. The van der Waals surface area contributed by atoms with Crippen molar-refractivity contribution in [2.75, 3.05) is 31.9 Å². The number of nitrogens with zero attached hydrogens (tertiary/aromatic N) is 5. The lowest BCUT2D eigenvalue weighted by Gasteiger charge is -2.16. The number of carbonyl (C=O) groups excluding carboxylic acids is 1. The Bertz CT molecular complexity index is 1730. The molecular formula is C28H25Cl2N7O3. The van der Waals surface area contributed by atoms with Crippen LogP contribution in [0.5, 0.6) is 11.5 Å². The molecule has 0 saturated heterocycles. The first-order valence-corrected chi connectivity index (χ1v) is 13.0. The SMILES string of the molecule is C=CC(=O)Nc1ccc(CCc2cn3c(n2)c(-c2c(Cl)c(OC)cc(OC)c2Cl)cc2cnc(NC)nc23)cn1. The summed E-state index contributed by atoms with van der Waals surface area (Å²) in [6, 6.07) is 7.22. The molecule has 4 aromatic heterocycles. The van der Waals surface area contributed by atoms with E-state index in [1.807, 2.05) is 22.7 Å². The van der Waals surface area contributed by atoms with Crippen LogP contribution in [0, 0.1) is 0 Å². The van der Waals surface area contributed by atoms with Crippen LogP contribution in [0.25, 0.3) is 27.8 Å². The van der Waals surface area contributed by atoms with E-state index in [1.165, 1.54) is 20.3 Å². The molecule has 12 heteroatoms. The van der Waals surface area contributed by atoms with Crippen LogP contribution in [0.1, 0.15) is 11.3 Å². The van der Waals surface area contributed by atoms with Gasteiger partial charge in [-0.2, -0.15) is 4.98 Å². The maximum Gasteiger partial charge on any atom is 0.248 e. The number of anilines is 2. The molecule has 10 nitrogen and oxygen atoms in total. The summed E-state index contributed by atoms with van der Waals surface area (Å²) in [5, 5.41) is 7.06. The third-order valence-corrected chi connectivity index (χ3v) is 7.07. The van der Waals surface area contributed by atoms with Crippen molar-refractivity contribution in [3.8, 4) is 22.6 Å². The molecule has 0 spiro atoms. The number of ether oxygens (including phenoxy) is 2. The molecule has 1 amide bonds. The number of fused-ring (bicyclic) bond motifs is 3. The van der Waals surface area contributed by atoms with E-state index in [4.69, 9.17) is 37.7 Å². The van der Waals surface area contributed by atoms with Gasteiger partial charge >= 0.3 is 0 Å². The zero-order valence-electron chi connectivity index (χ0n) is 22.0. The van der Waals surface area contributed by atoms with E-state index in [9.17, 15) is 4.79 Å². The summed E-state index contributed by atoms with van der Waals surface area (Å²) >= 11 is 13.6. The normalized spacial score (nSPS) is 11.0. The quantitative estimate of drug-likeness (QED) is 0.217. The smallest absolute Gasteiger partial charge is 0.248 e. The Morgan fingerprint density at radius 1 is 1.02 bits per heavy atom. The molecule has 5 rings (SSSR count). The van der Waals surface area contributed by atoms with Gasteiger partial charge in [-0.3, -0.25) is 9.20 Å². The lowest BCUT2D eigenvalue weighted by molar-refractivity contribution is -0.111. The summed E-state index contributed by atoms with van der Waals surface area (Å²) in [6.07, 6.45) is 7.89. The molecule has 5 aromatic rings. The third kappa shape index (κ3) is 5.11. The van der Waals surface area contributed by atoms with Crippen molar-refractivity contribution in [3.05, 3.63) is 76.8 Å². The molecule has 0 aliphatic carbocycles. The van der Waals surface area contributed by atoms with E-state index >= 15 is 0 Å². The second kappa shape index (κ2) is 11.4. The largest absolute Gasteiger partial charge is 0.495 e. The molecule has 0 saturated carbocycles. The van der Waals surface area contributed by atoms with Gasteiger partial charge in [0.1, 0.15) is 23.0 Å². The monoisotopic (exact) mass is 577 g/mol. The number of nitrogens with one attached hydrogen (secondary N) is 2. The van der Waals surface area contributed by atoms with Gasteiger partial charge in [-0.15, -0.1) is 0 Å². The Morgan fingerprint density at radius 3 is 2.40 bits per heavy atom. The van der Waals surface area contributed by atoms with E-state index in [0.29, 0.717) is 68.6 Å². The number of hydrogen-bond acceptors (Lipinski definition) is 8. The minimum absolute atomic E-state index is 0.313. The number of methoxy groups -OCH3 is 2. The van der Waals surface area contributed by atoms with Crippen molar-refractivity contribution in [1.29, 1.82) is 0 Å². The highest BCUT2D eigenvalue weighted by molar-refractivity contribution is 6.41. The summed E-state index contributed by atoms with van der Waals surface area (Å²) in [4.78, 5) is 29.8. The average Bonchev–Trinajstić information content (AvgIpc) is 3.41. The standard InChI is InChI=1S/C28H25Cl2N7O3/c1-5-22(38)35-21-9-7-15(12-32-21)6-8-17-14-37-26-16(13-33-28(31-2)36-26)10-18(27(37)34-17)23-24(29)19(39-3)11-20(40-4)25(23)30/h5,7,9-14H,1,6,8H2,2-4H3,(H,31,33,36)(H,32,35,38). The van der Waals surface area contributed by atoms with Gasteiger partial charge in [0.15, 0.2) is 5.65 Å². The van der Waals surface area contributed by atoms with Gasteiger partial charge in [-0.25, -0.2) is 15.0 Å². The first-order chi connectivity index (χ1) is 19.4. The number of halogens is 2. The number of carbonyl (C=O) groups is 1. The van der Waals surface area contributed by atoms with Gasteiger partial charge in [-0.05, 0) is 36.6 Å². The van der Waals surface area contributed by atoms with Crippen LogP contribution in [0.2, 0.25) is 10.0 Å². The first-order valence-electron chi connectivity index (χ1n) is 12.2. The fraction of sp³-hybridized carbons (Fsp3) is 0.179. The van der Waals surface area contributed by atoms with Crippen molar-refractivity contribution >= 4 is 57.6 Å². The minimum Gasteiger partial charge on any atom is -0.495 e. The molecular weight excluding hydrogens is 553 g/mol. The Labute approximate surface area is 240 Å². The van der Waals surface area contributed by atoms with Crippen molar-refractivity contribution in [2.24, 2.45) is 0 Å². The van der Waals surface area contributed by atoms with Crippen molar-refractivity contribution in [3.63, 3.8) is 0 Å². The zero-order valence-corrected chi connectivity index (χ0v) is 23.5. The van der Waals surface area contributed by atoms with E-state index < -0.39 is 0 Å². The zero-order chi connectivity index (χ0) is 28.4. The maximum absolute atomic E-state index is 11.5. The predicted octanol–water partition coefficient (Wildman–Crippen LogP) is 5.61. The van der Waals surface area contributed by atoms with Crippen molar-refractivity contribution in [2.45, 2.75) is 12.8 Å². The number of amides is 1. The summed E-state index contributed by atoms with van der Waals surface area (Å²) < 4.78 is 12.9. The number of aromatic nitrogens is 5. The van der Waals surface area contributed by atoms with Crippen LogP contribution < -0.4 is 20.1 Å². The molecule has 0 unspecified atom stereocenters. The molecule has 0 atom stereocenters. The number of aryl methyl sites for hydroxylation is 2. The summed E-state index contributed by atoms with van der Waals surface area (Å²) in [7, 11) is 4.82. The van der Waals surface area contributed by atoms with E-state index in [1.54, 1.807) is 31.6 Å². The van der Waals surface area contributed by atoms with Crippen LogP contribution >= 0.6 is 23.2 Å². The van der Waals surface area contributed by atoms with Crippen LogP contribution in [-0.4, -0.2) is 51.5 Å². The Kier molecular flexibility index (Phi) is 7.72. The Morgan fingerprint density at radius 2 is 1.77 bits per heavy atom. The fourth-order valence-electron chi connectivity index (χ4n) is 4.32. The van der Waals surface area contributed by atoms with Gasteiger partial charge in [0, 0.05) is 48.2 Å². The number of rotatable bonds is 9. The van der Waals surface area contributed by atoms with Crippen LogP contribution in [-0.2, 0) is 17.6 Å². The molecule has 0 radical (unpaired) electrons. The van der Waals surface area contributed by atoms with E-state index in [2.05, 4.69) is 32.2 Å². The first kappa shape index (κ1) is 27.2. The number of benzene rings is 1. The van der Waals surface area contributed by atoms with Gasteiger partial charge < -0.3 is 20.1 Å². The lowest BCUT2D eigenvalue weighted by atomic mass is 10.0. The van der Waals surface area contributed by atoms with Crippen LogP contribution in [0.4, 0.5) is 11.8 Å². The molecule has 0 bridgehead atoms. The second-order valence-corrected chi connectivity index (χ2v) is 9.49. The van der Waals surface area contributed by atoms with E-state index in [0.717, 1.165) is 16.6 Å². The molecule has 40 heavy (non-hydrogen) atoms. The fourth-order valence-corrected chi connectivity index (χ4v) is 5.02. The predicted molar refractivity (Wildman–Crippen MR) is 157 cm³/mol. The molecule has 204 valence electrons. The highest BCUT2D eigenvalue weighted by Gasteiger charge is 2.23. The highest BCUT2D eigenvalue weighted by Crippen LogP contribution is 2.47. The summed E-state index contributed by atoms with van der Waals surface area (Å²) in [6.45, 7) is 3.45. The molecule has 0 fully saturated rings. The number of hydrogen-bond donors (Lipinski definition) is 2. The Hall–Kier alpha value is -4.41. The summed E-state index contributed by atoms with van der Waals surface area (Å²) in [5.74, 6) is 1.47. The van der Waals surface area contributed by atoms with Gasteiger partial charge in [0.05, 0.1) is 30.0 Å². The lowest BCUT2D eigenvalue weighted by Crippen LogP contribution is -2.08. The van der Waals surface area contributed by atoms with Gasteiger partial charge in [-0.1, -0.05) is 35.8 Å². The minimum atomic E-state index is -0.313. The van der Waals surface area contributed by atoms with Crippen molar-refractivity contribution < 1.29 is 14.3 Å². The maximum atomic E-state index is 11.5. The molecule has 0 aliphatic rings. The highest BCUT2D eigenvalue weighted by atomic mass is 35.5. The third-order valence-electron chi connectivity index (χ3n) is 6.32. The van der Waals surface area contributed by atoms with Crippen LogP contribution in [0.3, 0.4) is 0 Å². The topological polar surface area (TPSA) is 116 Å². The molecule has 1 aromatic carbocycles. The molecule has 2 N–H and O–H groups in total. The number of imidazole rings is 1. The average molecular weight is 578 g/mol. The summed E-state index contributed by atoms with van der Waals surface area (Å²) in [5.41, 5.74) is 4.30. The van der Waals surface area contributed by atoms with Crippen LogP contribution in [0.15, 0.2) is 55.5 Å². The van der Waals surface area contributed by atoms with Crippen molar-refractivity contribution in [1.82, 2.24) is 24.3 Å².